The van der Waals surface area contributed by atoms with Crippen molar-refractivity contribution in [3.05, 3.63) is 56.2 Å². The molecule has 0 spiro atoms. The highest BCUT2D eigenvalue weighted by Gasteiger charge is 2.30. The molecule has 2 rings (SSSR count). The van der Waals surface area contributed by atoms with E-state index in [-0.39, 0.29) is 42.0 Å². The number of amides is 1. The van der Waals surface area contributed by atoms with Crippen LogP contribution in [0.4, 0.5) is 11.5 Å². The van der Waals surface area contributed by atoms with Gasteiger partial charge in [-0.2, -0.15) is 0 Å². The lowest BCUT2D eigenvalue weighted by molar-refractivity contribution is -0.114. The summed E-state index contributed by atoms with van der Waals surface area (Å²) >= 11 is 0. The van der Waals surface area contributed by atoms with Gasteiger partial charge in [0.2, 0.25) is 0 Å². The predicted molar refractivity (Wildman–Crippen MR) is 113 cm³/mol. The van der Waals surface area contributed by atoms with E-state index in [1.165, 1.54) is 4.57 Å². The predicted octanol–water partition coefficient (Wildman–Crippen LogP) is 1.96. The summed E-state index contributed by atoms with van der Waals surface area (Å²) < 4.78 is 1.22. The summed E-state index contributed by atoms with van der Waals surface area (Å²) in [6.45, 7) is 9.74. The van der Waals surface area contributed by atoms with Crippen LogP contribution in [0.25, 0.3) is 0 Å². The van der Waals surface area contributed by atoms with Gasteiger partial charge in [-0.1, -0.05) is 57.5 Å². The number of aromatic amines is 1. The molecule has 1 aromatic carbocycles. The third-order valence-electron chi connectivity index (χ3n) is 4.33. The van der Waals surface area contributed by atoms with E-state index in [1.807, 2.05) is 34.6 Å². The average molecular weight is 400 g/mol. The van der Waals surface area contributed by atoms with E-state index in [9.17, 15) is 19.2 Å². The van der Waals surface area contributed by atoms with Crippen molar-refractivity contribution in [1.29, 1.82) is 0 Å². The van der Waals surface area contributed by atoms with Crippen molar-refractivity contribution in [2.24, 2.45) is 11.8 Å². The molecular formula is C21H28N4O4. The summed E-state index contributed by atoms with van der Waals surface area (Å²) in [6.07, 6.45) is 0. The Morgan fingerprint density at radius 3 is 2.17 bits per heavy atom. The molecule has 1 aromatic heterocycles. The molecule has 1 heterocycles. The van der Waals surface area contributed by atoms with Gasteiger partial charge in [-0.15, -0.1) is 0 Å². The fourth-order valence-electron chi connectivity index (χ4n) is 2.98. The van der Waals surface area contributed by atoms with Crippen molar-refractivity contribution in [3.8, 4) is 0 Å². The number of nitrogens with zero attached hydrogens (tertiary/aromatic N) is 2. The molecule has 156 valence electrons. The third kappa shape index (κ3) is 5.01. The molecule has 0 radical (unpaired) electrons. The lowest BCUT2D eigenvalue weighted by Crippen LogP contribution is -2.45. The summed E-state index contributed by atoms with van der Waals surface area (Å²) in [6, 6.07) is 6.60. The van der Waals surface area contributed by atoms with Gasteiger partial charge >= 0.3 is 5.69 Å². The Morgan fingerprint density at radius 2 is 1.66 bits per heavy atom. The molecule has 1 amide bonds. The summed E-state index contributed by atoms with van der Waals surface area (Å²) in [5, 5.41) is 0. The molecule has 0 fully saturated rings. The quantitative estimate of drug-likeness (QED) is 0.544. The molecule has 0 aliphatic heterocycles. The molecule has 0 bridgehead atoms. The number of nitrogens with two attached hydrogens (primary N) is 1. The number of carbonyl (C=O) groups excluding carboxylic acids is 2. The van der Waals surface area contributed by atoms with Crippen molar-refractivity contribution in [2.45, 2.75) is 41.2 Å². The van der Waals surface area contributed by atoms with Crippen LogP contribution in [0.2, 0.25) is 0 Å². The highest BCUT2D eigenvalue weighted by molar-refractivity contribution is 6.47. The van der Waals surface area contributed by atoms with Gasteiger partial charge in [0.1, 0.15) is 5.82 Å². The number of ketones is 1. The number of anilines is 2. The molecule has 8 heteroatoms. The van der Waals surface area contributed by atoms with Crippen LogP contribution in [0.5, 0.6) is 0 Å². The first-order valence-corrected chi connectivity index (χ1v) is 9.58. The first kappa shape index (κ1) is 22.1. The lowest BCUT2D eigenvalue weighted by atomic mass is 10.1. The summed E-state index contributed by atoms with van der Waals surface area (Å²) in [4.78, 5) is 53.9. The van der Waals surface area contributed by atoms with E-state index in [2.05, 4.69) is 4.98 Å². The molecule has 0 saturated heterocycles. The largest absolute Gasteiger partial charge is 0.383 e. The van der Waals surface area contributed by atoms with E-state index in [4.69, 9.17) is 5.73 Å². The first-order chi connectivity index (χ1) is 13.5. The number of hydrogen-bond donors (Lipinski definition) is 2. The Morgan fingerprint density at radius 1 is 1.07 bits per heavy atom. The van der Waals surface area contributed by atoms with E-state index >= 15 is 0 Å². The number of hydrogen-bond acceptors (Lipinski definition) is 5. The minimum absolute atomic E-state index is 0.0472. The summed E-state index contributed by atoms with van der Waals surface area (Å²) in [5.74, 6) is -1.70. The third-order valence-corrected chi connectivity index (χ3v) is 4.33. The zero-order valence-electron chi connectivity index (χ0n) is 17.5. The molecule has 8 nitrogen and oxygen atoms in total. The standard InChI is InChI=1S/C21H28N4O4/c1-12(2)10-24(20(28)17(26)15-8-6-14(5)7-9-15)16-18(22)25(11-13(3)4)21(29)23-19(16)27/h6-9,12-13H,10-11,22H2,1-5H3,(H,23,27,29). The van der Waals surface area contributed by atoms with Gasteiger partial charge in [0.05, 0.1) is 0 Å². The Hall–Kier alpha value is -3.16. The average Bonchev–Trinajstić information content (AvgIpc) is 2.63. The van der Waals surface area contributed by atoms with Crippen LogP contribution < -0.4 is 21.9 Å². The number of benzene rings is 1. The molecule has 0 aliphatic carbocycles. The highest BCUT2D eigenvalue weighted by atomic mass is 16.2. The second-order valence-electron chi connectivity index (χ2n) is 8.00. The van der Waals surface area contributed by atoms with Gasteiger partial charge in [-0.05, 0) is 18.8 Å². The lowest BCUT2D eigenvalue weighted by Gasteiger charge is -2.25. The highest BCUT2D eigenvalue weighted by Crippen LogP contribution is 2.20. The van der Waals surface area contributed by atoms with E-state index in [0.29, 0.717) is 0 Å². The van der Waals surface area contributed by atoms with Gasteiger partial charge in [-0.25, -0.2) is 4.79 Å². The number of nitrogen functional groups attached to an aromatic ring is 1. The number of carbonyl (C=O) groups is 2. The van der Waals surface area contributed by atoms with E-state index < -0.39 is 22.9 Å². The van der Waals surface area contributed by atoms with Crippen LogP contribution in [-0.4, -0.2) is 27.8 Å². The number of aromatic nitrogens is 2. The minimum atomic E-state index is -0.866. The van der Waals surface area contributed by atoms with Gasteiger partial charge in [0, 0.05) is 18.7 Å². The zero-order chi connectivity index (χ0) is 21.9. The van der Waals surface area contributed by atoms with Crippen LogP contribution in [0.15, 0.2) is 33.9 Å². The van der Waals surface area contributed by atoms with Gasteiger partial charge < -0.3 is 5.73 Å². The minimum Gasteiger partial charge on any atom is -0.383 e. The maximum absolute atomic E-state index is 13.1. The van der Waals surface area contributed by atoms with E-state index in [1.54, 1.807) is 24.3 Å². The van der Waals surface area contributed by atoms with Crippen molar-refractivity contribution in [1.82, 2.24) is 9.55 Å². The Balaban J connectivity index is 2.59. The number of rotatable bonds is 7. The van der Waals surface area contributed by atoms with Crippen LogP contribution in [0, 0.1) is 18.8 Å². The van der Waals surface area contributed by atoms with Crippen molar-refractivity contribution in [3.63, 3.8) is 0 Å². The molecule has 0 aliphatic rings. The molecule has 0 unspecified atom stereocenters. The number of aryl methyl sites for hydroxylation is 1. The zero-order valence-corrected chi connectivity index (χ0v) is 17.5. The maximum Gasteiger partial charge on any atom is 0.330 e. The smallest absolute Gasteiger partial charge is 0.330 e. The van der Waals surface area contributed by atoms with Gasteiger partial charge in [0.25, 0.3) is 17.2 Å². The molecule has 2 aromatic rings. The van der Waals surface area contributed by atoms with Crippen molar-refractivity contribution < 1.29 is 9.59 Å². The van der Waals surface area contributed by atoms with Gasteiger partial charge in [-0.3, -0.25) is 28.8 Å². The Labute approximate surface area is 169 Å². The monoisotopic (exact) mass is 400 g/mol. The number of H-pyrrole nitrogens is 1. The number of Topliss-reactive ketones (excluding diaryl/α,β-unsaturated/α-hetero) is 1. The van der Waals surface area contributed by atoms with Crippen LogP contribution in [-0.2, 0) is 11.3 Å². The molecule has 0 saturated carbocycles. The number of nitrogens with one attached hydrogen (secondary N) is 1. The van der Waals surface area contributed by atoms with Crippen molar-refractivity contribution in [2.75, 3.05) is 17.2 Å². The molecular weight excluding hydrogens is 372 g/mol. The summed E-state index contributed by atoms with van der Waals surface area (Å²) in [5.41, 5.74) is 5.70. The van der Waals surface area contributed by atoms with Gasteiger partial charge in [0.15, 0.2) is 5.69 Å². The SMILES string of the molecule is Cc1ccc(C(=O)C(=O)N(CC(C)C)c2c(N)n(CC(C)C)c(=O)[nH]c2=O)cc1. The molecule has 29 heavy (non-hydrogen) atoms. The second kappa shape index (κ2) is 8.89. The maximum atomic E-state index is 13.1. The second-order valence-corrected chi connectivity index (χ2v) is 8.00. The fourth-order valence-corrected chi connectivity index (χ4v) is 2.98. The fraction of sp³-hybridized carbons (Fsp3) is 0.429. The van der Waals surface area contributed by atoms with Crippen LogP contribution in [0.1, 0.15) is 43.6 Å². The van der Waals surface area contributed by atoms with Crippen LogP contribution >= 0.6 is 0 Å². The Bertz CT molecular complexity index is 1020. The van der Waals surface area contributed by atoms with Crippen molar-refractivity contribution >= 4 is 23.2 Å². The molecule has 3 N–H and O–H groups in total. The Kier molecular flexibility index (Phi) is 6.79. The normalized spacial score (nSPS) is 11.1. The molecule has 0 atom stereocenters. The van der Waals surface area contributed by atoms with E-state index in [0.717, 1.165) is 10.5 Å². The topological polar surface area (TPSA) is 118 Å². The first-order valence-electron chi connectivity index (χ1n) is 9.58. The van der Waals surface area contributed by atoms with Crippen LogP contribution in [0.3, 0.4) is 0 Å². The summed E-state index contributed by atoms with van der Waals surface area (Å²) in [7, 11) is 0.